The Morgan fingerprint density at radius 2 is 1.82 bits per heavy atom. The van der Waals surface area contributed by atoms with E-state index >= 15 is 0 Å². The van der Waals surface area contributed by atoms with E-state index in [0.717, 1.165) is 11.3 Å². The van der Waals surface area contributed by atoms with Gasteiger partial charge >= 0.3 is 0 Å². The minimum Gasteiger partial charge on any atom is -0.399 e. The quantitative estimate of drug-likeness (QED) is 0.540. The van der Waals surface area contributed by atoms with Crippen molar-refractivity contribution < 1.29 is 0 Å². The van der Waals surface area contributed by atoms with Gasteiger partial charge in [-0.05, 0) is 12.1 Å². The lowest BCUT2D eigenvalue weighted by atomic mass is 10.1. The van der Waals surface area contributed by atoms with Crippen LogP contribution >= 0.6 is 0 Å². The molecule has 84 valence electrons. The molecular weight excluding hydrogens is 216 g/mol. The van der Waals surface area contributed by atoms with E-state index in [1.807, 2.05) is 24.3 Å². The molecule has 2 aromatic heterocycles. The molecule has 0 atom stereocenters. The van der Waals surface area contributed by atoms with Crippen molar-refractivity contribution in [3.8, 4) is 11.3 Å². The first-order valence-electron chi connectivity index (χ1n) is 5.06. The van der Waals surface area contributed by atoms with E-state index < -0.39 is 0 Å². The van der Waals surface area contributed by atoms with Gasteiger partial charge in [0.2, 0.25) is 0 Å². The van der Waals surface area contributed by atoms with Crippen molar-refractivity contribution in [2.45, 2.75) is 0 Å². The Morgan fingerprint density at radius 3 is 2.59 bits per heavy atom. The minimum atomic E-state index is 0.358. The molecule has 5 N–H and O–H groups in total. The largest absolute Gasteiger partial charge is 0.399 e. The molecule has 0 aliphatic carbocycles. The van der Waals surface area contributed by atoms with Crippen LogP contribution < -0.4 is 11.5 Å². The number of nitrogens with zero attached hydrogens (tertiary/aromatic N) is 3. The number of aromatic nitrogens is 4. The third-order valence-electron chi connectivity index (χ3n) is 2.50. The Hall–Kier alpha value is -2.63. The summed E-state index contributed by atoms with van der Waals surface area (Å²) in [7, 11) is 0. The highest BCUT2D eigenvalue weighted by molar-refractivity contribution is 5.82. The number of hydrogen-bond donors (Lipinski definition) is 3. The maximum Gasteiger partial charge on any atom is 0.177 e. The average Bonchev–Trinajstić information content (AvgIpc) is 2.72. The molecule has 3 aromatic rings. The van der Waals surface area contributed by atoms with Gasteiger partial charge in [-0.2, -0.15) is 5.10 Å². The van der Waals surface area contributed by atoms with Crippen molar-refractivity contribution in [2.75, 3.05) is 11.5 Å². The molecule has 0 radical (unpaired) electrons. The predicted octanol–water partition coefficient (Wildman–Crippen LogP) is 1.18. The van der Waals surface area contributed by atoms with Crippen molar-refractivity contribution in [2.24, 2.45) is 0 Å². The highest BCUT2D eigenvalue weighted by Gasteiger charge is 2.07. The molecule has 0 aliphatic rings. The second kappa shape index (κ2) is 3.44. The van der Waals surface area contributed by atoms with Gasteiger partial charge in [-0.15, -0.1) is 0 Å². The zero-order valence-corrected chi connectivity index (χ0v) is 8.88. The van der Waals surface area contributed by atoms with Gasteiger partial charge in [0.15, 0.2) is 17.0 Å². The molecule has 3 rings (SSSR count). The Bertz CT molecular complexity index is 670. The number of rotatable bonds is 1. The van der Waals surface area contributed by atoms with Gasteiger partial charge < -0.3 is 11.5 Å². The lowest BCUT2D eigenvalue weighted by molar-refractivity contribution is 1.10. The Labute approximate surface area is 96.7 Å². The number of nitrogens with two attached hydrogens (primary N) is 2. The summed E-state index contributed by atoms with van der Waals surface area (Å²) in [6.45, 7) is 0. The fourth-order valence-corrected chi connectivity index (χ4v) is 1.61. The van der Waals surface area contributed by atoms with Crippen LogP contribution in [0.25, 0.3) is 22.4 Å². The Balaban J connectivity index is 2.14. The lowest BCUT2D eigenvalue weighted by Crippen LogP contribution is -1.90. The highest BCUT2D eigenvalue weighted by atomic mass is 15.2. The van der Waals surface area contributed by atoms with Crippen molar-refractivity contribution in [3.63, 3.8) is 0 Å². The van der Waals surface area contributed by atoms with Crippen LogP contribution in [-0.4, -0.2) is 20.2 Å². The van der Waals surface area contributed by atoms with Crippen LogP contribution in [0.1, 0.15) is 0 Å². The molecular formula is C11H10N6. The molecule has 0 unspecified atom stereocenters. The fraction of sp³-hybridized carbons (Fsp3) is 0. The topological polar surface area (TPSA) is 106 Å². The molecule has 1 aromatic carbocycles. The van der Waals surface area contributed by atoms with E-state index in [9.17, 15) is 0 Å². The molecule has 2 heterocycles. The van der Waals surface area contributed by atoms with Crippen LogP contribution in [0.4, 0.5) is 11.5 Å². The summed E-state index contributed by atoms with van der Waals surface area (Å²) < 4.78 is 0. The first-order valence-corrected chi connectivity index (χ1v) is 5.06. The zero-order chi connectivity index (χ0) is 11.8. The smallest absolute Gasteiger partial charge is 0.177 e. The first kappa shape index (κ1) is 9.59. The molecule has 0 spiro atoms. The van der Waals surface area contributed by atoms with Crippen LogP contribution in [-0.2, 0) is 0 Å². The second-order valence-electron chi connectivity index (χ2n) is 3.68. The summed E-state index contributed by atoms with van der Waals surface area (Å²) >= 11 is 0. The summed E-state index contributed by atoms with van der Waals surface area (Å²) in [5.41, 5.74) is 14.8. The zero-order valence-electron chi connectivity index (χ0n) is 8.88. The van der Waals surface area contributed by atoms with Gasteiger partial charge in [0, 0.05) is 11.3 Å². The number of fused-ring (bicyclic) bond motifs is 1. The third kappa shape index (κ3) is 1.55. The van der Waals surface area contributed by atoms with Crippen molar-refractivity contribution in [3.05, 3.63) is 30.5 Å². The van der Waals surface area contributed by atoms with Crippen molar-refractivity contribution in [1.29, 1.82) is 0 Å². The molecule has 6 heteroatoms. The van der Waals surface area contributed by atoms with Gasteiger partial charge in [0.1, 0.15) is 0 Å². The standard InChI is InChI=1S/C11H10N6/c12-7-3-1-6(2-4-7)8-5-14-9-10(13)16-17-11(9)15-8/h1-5H,12H2,(H3,13,15,16,17). The normalized spacial score (nSPS) is 10.8. The van der Waals surface area contributed by atoms with Crippen molar-refractivity contribution >= 4 is 22.7 Å². The summed E-state index contributed by atoms with van der Waals surface area (Å²) in [4.78, 5) is 8.62. The van der Waals surface area contributed by atoms with Gasteiger partial charge in [-0.25, -0.2) is 9.97 Å². The first-order chi connectivity index (χ1) is 8.24. The molecule has 0 saturated carbocycles. The molecule has 0 bridgehead atoms. The molecule has 0 saturated heterocycles. The number of nitrogen functional groups attached to an aromatic ring is 2. The summed E-state index contributed by atoms with van der Waals surface area (Å²) in [5.74, 6) is 0.358. The third-order valence-corrected chi connectivity index (χ3v) is 2.50. The molecule has 6 nitrogen and oxygen atoms in total. The average molecular weight is 226 g/mol. The monoisotopic (exact) mass is 226 g/mol. The minimum absolute atomic E-state index is 0.358. The van der Waals surface area contributed by atoms with Crippen LogP contribution in [0.15, 0.2) is 30.5 Å². The van der Waals surface area contributed by atoms with E-state index in [2.05, 4.69) is 20.2 Å². The number of H-pyrrole nitrogens is 1. The molecule has 17 heavy (non-hydrogen) atoms. The fourth-order valence-electron chi connectivity index (χ4n) is 1.61. The van der Waals surface area contributed by atoms with Crippen LogP contribution in [0, 0.1) is 0 Å². The number of anilines is 2. The van der Waals surface area contributed by atoms with Crippen molar-refractivity contribution in [1.82, 2.24) is 20.2 Å². The SMILES string of the molecule is Nc1ccc(-c2cnc3c(N)n[nH]c3n2)cc1. The van der Waals surface area contributed by atoms with Gasteiger partial charge in [0.05, 0.1) is 11.9 Å². The van der Waals surface area contributed by atoms with Gasteiger partial charge in [-0.3, -0.25) is 5.10 Å². The van der Waals surface area contributed by atoms with E-state index in [4.69, 9.17) is 11.5 Å². The van der Waals surface area contributed by atoms with E-state index in [1.54, 1.807) is 6.20 Å². The van der Waals surface area contributed by atoms with E-state index in [0.29, 0.717) is 22.7 Å². The Kier molecular flexibility index (Phi) is 1.94. The number of hydrogen-bond acceptors (Lipinski definition) is 5. The van der Waals surface area contributed by atoms with Gasteiger partial charge in [0.25, 0.3) is 0 Å². The second-order valence-corrected chi connectivity index (χ2v) is 3.68. The van der Waals surface area contributed by atoms with E-state index in [1.165, 1.54) is 0 Å². The number of aromatic amines is 1. The summed E-state index contributed by atoms with van der Waals surface area (Å²) in [6.07, 6.45) is 1.67. The maximum atomic E-state index is 5.63. The van der Waals surface area contributed by atoms with E-state index in [-0.39, 0.29) is 0 Å². The maximum absolute atomic E-state index is 5.63. The number of benzene rings is 1. The van der Waals surface area contributed by atoms with Crippen LogP contribution in [0.2, 0.25) is 0 Å². The van der Waals surface area contributed by atoms with Crippen LogP contribution in [0.3, 0.4) is 0 Å². The van der Waals surface area contributed by atoms with Crippen LogP contribution in [0.5, 0.6) is 0 Å². The Morgan fingerprint density at radius 1 is 1.06 bits per heavy atom. The highest BCUT2D eigenvalue weighted by Crippen LogP contribution is 2.20. The van der Waals surface area contributed by atoms with Gasteiger partial charge in [-0.1, -0.05) is 12.1 Å². The lowest BCUT2D eigenvalue weighted by Gasteiger charge is -2.00. The molecule has 0 amide bonds. The number of nitrogens with one attached hydrogen (secondary N) is 1. The summed E-state index contributed by atoms with van der Waals surface area (Å²) in [6, 6.07) is 7.43. The predicted molar refractivity (Wildman–Crippen MR) is 65.9 cm³/mol. The summed E-state index contributed by atoms with van der Waals surface area (Å²) in [5, 5.41) is 6.59. The molecule has 0 aliphatic heterocycles. The molecule has 0 fully saturated rings.